The first-order valence-electron chi connectivity index (χ1n) is 7.83. The Morgan fingerprint density at radius 1 is 0.840 bits per heavy atom. The van der Waals surface area contributed by atoms with Crippen LogP contribution >= 0.6 is 15.9 Å². The van der Waals surface area contributed by atoms with E-state index in [1.54, 1.807) is 6.07 Å². The molecule has 3 aromatic rings. The summed E-state index contributed by atoms with van der Waals surface area (Å²) in [7, 11) is 0. The molecule has 0 spiro atoms. The fourth-order valence-corrected chi connectivity index (χ4v) is 2.72. The van der Waals surface area contributed by atoms with Gasteiger partial charge in [0.05, 0.1) is 5.71 Å². The second-order valence-corrected chi connectivity index (χ2v) is 6.25. The molecule has 0 aliphatic rings. The van der Waals surface area contributed by atoms with Crippen LogP contribution in [0.4, 0.5) is 0 Å². The molecule has 3 rings (SSSR count). The molecule has 0 unspecified atom stereocenters. The fraction of sp³-hybridized carbons (Fsp3) is 0.0476. The zero-order chi connectivity index (χ0) is 17.5. The normalized spacial score (nSPS) is 10.1. The van der Waals surface area contributed by atoms with Crippen LogP contribution in [-0.4, -0.2) is 18.2 Å². The summed E-state index contributed by atoms with van der Waals surface area (Å²) in [5.41, 5.74) is 2.43. The SMILES string of the molecule is O=C(COc1cccc(Br)c1)N=C(c1ccccc1)c1ccccc1. The smallest absolute Gasteiger partial charge is 0.284 e. The van der Waals surface area contributed by atoms with Crippen LogP contribution in [0.2, 0.25) is 0 Å². The molecule has 0 bridgehead atoms. The molecule has 0 atom stereocenters. The van der Waals surface area contributed by atoms with E-state index in [9.17, 15) is 4.79 Å². The average molecular weight is 394 g/mol. The van der Waals surface area contributed by atoms with Gasteiger partial charge in [0, 0.05) is 15.6 Å². The second-order valence-electron chi connectivity index (χ2n) is 5.33. The van der Waals surface area contributed by atoms with Crippen molar-refractivity contribution in [3.05, 3.63) is 101 Å². The first-order valence-corrected chi connectivity index (χ1v) is 8.62. The number of hydrogen-bond donors (Lipinski definition) is 0. The predicted octanol–water partition coefficient (Wildman–Crippen LogP) is 4.89. The Morgan fingerprint density at radius 2 is 1.44 bits per heavy atom. The van der Waals surface area contributed by atoms with Crippen molar-refractivity contribution in [3.63, 3.8) is 0 Å². The van der Waals surface area contributed by atoms with Crippen LogP contribution in [0.1, 0.15) is 11.1 Å². The van der Waals surface area contributed by atoms with E-state index in [1.807, 2.05) is 78.9 Å². The molecule has 0 saturated heterocycles. The Morgan fingerprint density at radius 3 is 2.00 bits per heavy atom. The first-order chi connectivity index (χ1) is 12.2. The van der Waals surface area contributed by atoms with Gasteiger partial charge in [0.1, 0.15) is 5.75 Å². The van der Waals surface area contributed by atoms with E-state index in [-0.39, 0.29) is 12.5 Å². The third kappa shape index (κ3) is 4.88. The lowest BCUT2D eigenvalue weighted by Crippen LogP contribution is -2.13. The standard InChI is InChI=1S/C21H16BrNO2/c22-18-12-7-13-19(14-18)25-15-20(24)23-21(16-8-3-1-4-9-16)17-10-5-2-6-11-17/h1-14H,15H2. The number of nitrogens with zero attached hydrogens (tertiary/aromatic N) is 1. The van der Waals surface area contributed by atoms with Crippen LogP contribution in [0.25, 0.3) is 0 Å². The molecular weight excluding hydrogens is 378 g/mol. The molecule has 3 aromatic carbocycles. The van der Waals surface area contributed by atoms with E-state index in [4.69, 9.17) is 4.74 Å². The largest absolute Gasteiger partial charge is 0.484 e. The molecule has 25 heavy (non-hydrogen) atoms. The van der Waals surface area contributed by atoms with Gasteiger partial charge in [-0.15, -0.1) is 0 Å². The summed E-state index contributed by atoms with van der Waals surface area (Å²) in [6.07, 6.45) is 0. The third-order valence-corrected chi connectivity index (χ3v) is 3.98. The van der Waals surface area contributed by atoms with Gasteiger partial charge in [-0.1, -0.05) is 82.7 Å². The monoisotopic (exact) mass is 393 g/mol. The maximum atomic E-state index is 12.3. The maximum Gasteiger partial charge on any atom is 0.284 e. The van der Waals surface area contributed by atoms with Crippen molar-refractivity contribution in [3.8, 4) is 5.75 Å². The second kappa shape index (κ2) is 8.40. The van der Waals surface area contributed by atoms with Gasteiger partial charge >= 0.3 is 0 Å². The molecule has 0 aromatic heterocycles. The molecule has 0 N–H and O–H groups in total. The minimum absolute atomic E-state index is 0.111. The lowest BCUT2D eigenvalue weighted by Gasteiger charge is -2.08. The number of rotatable bonds is 5. The maximum absolute atomic E-state index is 12.3. The summed E-state index contributed by atoms with van der Waals surface area (Å²) >= 11 is 3.38. The molecule has 124 valence electrons. The Balaban J connectivity index is 1.82. The summed E-state index contributed by atoms with van der Waals surface area (Å²) in [4.78, 5) is 16.6. The van der Waals surface area contributed by atoms with Gasteiger partial charge in [0.15, 0.2) is 6.61 Å². The van der Waals surface area contributed by atoms with Crippen LogP contribution in [0.5, 0.6) is 5.75 Å². The average Bonchev–Trinajstić information content (AvgIpc) is 2.66. The summed E-state index contributed by atoms with van der Waals surface area (Å²) in [5.74, 6) is 0.293. The molecule has 0 aliphatic heterocycles. The van der Waals surface area contributed by atoms with Gasteiger partial charge < -0.3 is 4.74 Å². The van der Waals surface area contributed by atoms with Crippen molar-refractivity contribution in [1.29, 1.82) is 0 Å². The van der Waals surface area contributed by atoms with Gasteiger partial charge in [-0.25, -0.2) is 4.99 Å². The van der Waals surface area contributed by atoms with Crippen molar-refractivity contribution in [2.24, 2.45) is 4.99 Å². The molecule has 4 heteroatoms. The number of halogens is 1. The van der Waals surface area contributed by atoms with Crippen molar-refractivity contribution >= 4 is 27.5 Å². The number of ether oxygens (including phenoxy) is 1. The molecule has 0 aliphatic carbocycles. The summed E-state index contributed by atoms with van der Waals surface area (Å²) in [5, 5.41) is 0. The van der Waals surface area contributed by atoms with Crippen molar-refractivity contribution in [2.45, 2.75) is 0 Å². The lowest BCUT2D eigenvalue weighted by atomic mass is 10.0. The minimum Gasteiger partial charge on any atom is -0.484 e. The highest BCUT2D eigenvalue weighted by atomic mass is 79.9. The van der Waals surface area contributed by atoms with Crippen molar-refractivity contribution in [1.82, 2.24) is 0 Å². The van der Waals surface area contributed by atoms with Crippen LogP contribution in [0.3, 0.4) is 0 Å². The molecule has 0 saturated carbocycles. The Kier molecular flexibility index (Phi) is 5.75. The number of aliphatic imine (C=N–C) groups is 1. The molecule has 0 heterocycles. The highest BCUT2D eigenvalue weighted by molar-refractivity contribution is 9.10. The van der Waals surface area contributed by atoms with E-state index in [2.05, 4.69) is 20.9 Å². The summed E-state index contributed by atoms with van der Waals surface area (Å²) < 4.78 is 6.43. The number of benzene rings is 3. The third-order valence-electron chi connectivity index (χ3n) is 3.49. The van der Waals surface area contributed by atoms with Gasteiger partial charge in [-0.05, 0) is 18.2 Å². The van der Waals surface area contributed by atoms with Gasteiger partial charge in [0.2, 0.25) is 0 Å². The van der Waals surface area contributed by atoms with E-state index in [0.29, 0.717) is 11.5 Å². The molecule has 1 amide bonds. The molecular formula is C21H16BrNO2. The number of carbonyl (C=O) groups is 1. The number of amides is 1. The Labute approximate surface area is 155 Å². The van der Waals surface area contributed by atoms with Gasteiger partial charge in [0.25, 0.3) is 5.91 Å². The quantitative estimate of drug-likeness (QED) is 0.578. The van der Waals surface area contributed by atoms with Crippen LogP contribution in [0, 0.1) is 0 Å². The lowest BCUT2D eigenvalue weighted by molar-refractivity contribution is -0.119. The molecule has 0 radical (unpaired) electrons. The van der Waals surface area contributed by atoms with E-state index < -0.39 is 0 Å². The number of hydrogen-bond acceptors (Lipinski definition) is 2. The summed E-state index contributed by atoms with van der Waals surface area (Å²) in [6, 6.07) is 26.7. The highest BCUT2D eigenvalue weighted by Gasteiger charge is 2.10. The Bertz CT molecular complexity index is 835. The van der Waals surface area contributed by atoms with E-state index in [1.165, 1.54) is 0 Å². The van der Waals surface area contributed by atoms with Crippen LogP contribution in [-0.2, 0) is 4.79 Å². The van der Waals surface area contributed by atoms with E-state index >= 15 is 0 Å². The zero-order valence-corrected chi connectivity index (χ0v) is 15.0. The van der Waals surface area contributed by atoms with Crippen molar-refractivity contribution < 1.29 is 9.53 Å². The van der Waals surface area contributed by atoms with Gasteiger partial charge in [-0.3, -0.25) is 4.79 Å². The zero-order valence-electron chi connectivity index (χ0n) is 13.4. The van der Waals surface area contributed by atoms with E-state index in [0.717, 1.165) is 15.6 Å². The molecule has 3 nitrogen and oxygen atoms in total. The minimum atomic E-state index is -0.331. The fourth-order valence-electron chi connectivity index (χ4n) is 2.35. The Hall–Kier alpha value is -2.72. The summed E-state index contributed by atoms with van der Waals surface area (Å²) in [6.45, 7) is -0.111. The predicted molar refractivity (Wildman–Crippen MR) is 103 cm³/mol. The van der Waals surface area contributed by atoms with Crippen LogP contribution in [0.15, 0.2) is 94.4 Å². The number of carbonyl (C=O) groups excluding carboxylic acids is 1. The van der Waals surface area contributed by atoms with Gasteiger partial charge in [-0.2, -0.15) is 0 Å². The van der Waals surface area contributed by atoms with Crippen molar-refractivity contribution in [2.75, 3.05) is 6.61 Å². The topological polar surface area (TPSA) is 38.7 Å². The van der Waals surface area contributed by atoms with Crippen LogP contribution < -0.4 is 4.74 Å². The molecule has 0 fully saturated rings. The highest BCUT2D eigenvalue weighted by Crippen LogP contribution is 2.18. The first kappa shape index (κ1) is 17.1.